The lowest BCUT2D eigenvalue weighted by molar-refractivity contribution is 0.0342. The molecule has 0 aliphatic carbocycles. The Morgan fingerprint density at radius 2 is 1.81 bits per heavy atom. The summed E-state index contributed by atoms with van der Waals surface area (Å²) in [5.74, 6) is 0.840. The minimum absolute atomic E-state index is 0.596. The van der Waals surface area contributed by atoms with Crippen molar-refractivity contribution in [1.82, 2.24) is 10.2 Å². The molecule has 1 atom stereocenters. The molecule has 0 aromatic heterocycles. The summed E-state index contributed by atoms with van der Waals surface area (Å²) < 4.78 is 5.35. The summed E-state index contributed by atoms with van der Waals surface area (Å²) in [5.41, 5.74) is 0. The molecule has 1 aliphatic heterocycles. The quantitative estimate of drug-likeness (QED) is 0.718. The average Bonchev–Trinajstić information content (AvgIpc) is 2.31. The van der Waals surface area contributed by atoms with Gasteiger partial charge < -0.3 is 10.1 Å². The SMILES string of the molecule is CCC(CC)CNC(C)CN1CCOCC1. The van der Waals surface area contributed by atoms with Crippen molar-refractivity contribution in [2.45, 2.75) is 39.7 Å². The van der Waals surface area contributed by atoms with Crippen LogP contribution >= 0.6 is 0 Å². The summed E-state index contributed by atoms with van der Waals surface area (Å²) in [6.45, 7) is 13.2. The molecule has 1 unspecified atom stereocenters. The second-order valence-corrected chi connectivity index (χ2v) is 4.90. The van der Waals surface area contributed by atoms with Crippen LogP contribution in [0.15, 0.2) is 0 Å². The molecular weight excluding hydrogens is 200 g/mol. The summed E-state index contributed by atoms with van der Waals surface area (Å²) in [6, 6.07) is 0.596. The minimum atomic E-state index is 0.596. The van der Waals surface area contributed by atoms with Gasteiger partial charge in [-0.1, -0.05) is 26.7 Å². The Kier molecular flexibility index (Phi) is 7.01. The number of nitrogens with zero attached hydrogens (tertiary/aromatic N) is 1. The first-order valence-corrected chi connectivity index (χ1v) is 6.79. The van der Waals surface area contributed by atoms with E-state index in [0.29, 0.717) is 6.04 Å². The fourth-order valence-corrected chi connectivity index (χ4v) is 2.18. The number of nitrogens with one attached hydrogen (secondary N) is 1. The highest BCUT2D eigenvalue weighted by molar-refractivity contribution is 4.71. The van der Waals surface area contributed by atoms with E-state index in [4.69, 9.17) is 4.74 Å². The fourth-order valence-electron chi connectivity index (χ4n) is 2.18. The van der Waals surface area contributed by atoms with Crippen molar-refractivity contribution < 1.29 is 4.74 Å². The first kappa shape index (κ1) is 13.9. The van der Waals surface area contributed by atoms with E-state index in [2.05, 4.69) is 31.0 Å². The van der Waals surface area contributed by atoms with Gasteiger partial charge in [0.1, 0.15) is 0 Å². The van der Waals surface area contributed by atoms with Crippen molar-refractivity contribution >= 4 is 0 Å². The number of ether oxygens (including phenoxy) is 1. The molecule has 1 saturated heterocycles. The van der Waals surface area contributed by atoms with Gasteiger partial charge in [0, 0.05) is 25.7 Å². The smallest absolute Gasteiger partial charge is 0.0594 e. The zero-order valence-electron chi connectivity index (χ0n) is 11.2. The second-order valence-electron chi connectivity index (χ2n) is 4.90. The van der Waals surface area contributed by atoms with Gasteiger partial charge in [0.05, 0.1) is 13.2 Å². The van der Waals surface area contributed by atoms with Gasteiger partial charge in [0.2, 0.25) is 0 Å². The van der Waals surface area contributed by atoms with E-state index in [9.17, 15) is 0 Å². The number of hydrogen-bond acceptors (Lipinski definition) is 3. The van der Waals surface area contributed by atoms with Gasteiger partial charge in [0.15, 0.2) is 0 Å². The molecule has 0 radical (unpaired) electrons. The lowest BCUT2D eigenvalue weighted by atomic mass is 10.0. The van der Waals surface area contributed by atoms with Crippen molar-refractivity contribution in [3.63, 3.8) is 0 Å². The van der Waals surface area contributed by atoms with Crippen LogP contribution in [0.3, 0.4) is 0 Å². The highest BCUT2D eigenvalue weighted by Gasteiger charge is 2.14. The highest BCUT2D eigenvalue weighted by atomic mass is 16.5. The lowest BCUT2D eigenvalue weighted by Gasteiger charge is -2.30. The third-order valence-corrected chi connectivity index (χ3v) is 3.55. The van der Waals surface area contributed by atoms with Crippen LogP contribution in [0.1, 0.15) is 33.6 Å². The molecule has 0 bridgehead atoms. The van der Waals surface area contributed by atoms with Crippen LogP contribution in [0.4, 0.5) is 0 Å². The van der Waals surface area contributed by atoms with E-state index < -0.39 is 0 Å². The molecule has 0 saturated carbocycles. The predicted octanol–water partition coefficient (Wildman–Crippen LogP) is 1.73. The van der Waals surface area contributed by atoms with Crippen LogP contribution in [0.25, 0.3) is 0 Å². The van der Waals surface area contributed by atoms with E-state index >= 15 is 0 Å². The first-order valence-electron chi connectivity index (χ1n) is 6.79. The standard InChI is InChI=1S/C13H28N2O/c1-4-13(5-2)10-14-12(3)11-15-6-8-16-9-7-15/h12-14H,4-11H2,1-3H3. The van der Waals surface area contributed by atoms with Gasteiger partial charge in [0.25, 0.3) is 0 Å². The zero-order chi connectivity index (χ0) is 11.8. The van der Waals surface area contributed by atoms with E-state index in [1.165, 1.54) is 19.4 Å². The van der Waals surface area contributed by atoms with Gasteiger partial charge in [-0.25, -0.2) is 0 Å². The van der Waals surface area contributed by atoms with Crippen molar-refractivity contribution in [3.05, 3.63) is 0 Å². The molecule has 1 rings (SSSR count). The molecule has 3 nitrogen and oxygen atoms in total. The summed E-state index contributed by atoms with van der Waals surface area (Å²) in [4.78, 5) is 2.49. The Balaban J connectivity index is 2.11. The molecule has 0 amide bonds. The molecule has 3 heteroatoms. The summed E-state index contributed by atoms with van der Waals surface area (Å²) in [6.07, 6.45) is 2.57. The predicted molar refractivity (Wildman–Crippen MR) is 68.8 cm³/mol. The molecule has 0 aromatic rings. The number of rotatable bonds is 7. The fraction of sp³-hybridized carbons (Fsp3) is 1.00. The van der Waals surface area contributed by atoms with E-state index in [0.717, 1.165) is 38.8 Å². The minimum Gasteiger partial charge on any atom is -0.379 e. The Hall–Kier alpha value is -0.120. The maximum Gasteiger partial charge on any atom is 0.0594 e. The molecule has 1 heterocycles. The van der Waals surface area contributed by atoms with Crippen LogP contribution < -0.4 is 5.32 Å². The molecule has 1 aliphatic rings. The van der Waals surface area contributed by atoms with Crippen LogP contribution in [0.2, 0.25) is 0 Å². The molecule has 96 valence electrons. The number of hydrogen-bond donors (Lipinski definition) is 1. The van der Waals surface area contributed by atoms with Gasteiger partial charge >= 0.3 is 0 Å². The third-order valence-electron chi connectivity index (χ3n) is 3.55. The Morgan fingerprint density at radius 1 is 1.19 bits per heavy atom. The molecule has 1 fully saturated rings. The summed E-state index contributed by atoms with van der Waals surface area (Å²) in [5, 5.41) is 3.65. The zero-order valence-corrected chi connectivity index (χ0v) is 11.2. The van der Waals surface area contributed by atoms with E-state index in [-0.39, 0.29) is 0 Å². The first-order chi connectivity index (χ1) is 7.76. The monoisotopic (exact) mass is 228 g/mol. The molecule has 16 heavy (non-hydrogen) atoms. The molecule has 1 N–H and O–H groups in total. The summed E-state index contributed by atoms with van der Waals surface area (Å²) in [7, 11) is 0. The average molecular weight is 228 g/mol. The van der Waals surface area contributed by atoms with Crippen molar-refractivity contribution in [3.8, 4) is 0 Å². The van der Waals surface area contributed by atoms with Crippen LogP contribution in [0.5, 0.6) is 0 Å². The maximum absolute atomic E-state index is 5.35. The van der Waals surface area contributed by atoms with E-state index in [1.807, 2.05) is 0 Å². The van der Waals surface area contributed by atoms with Crippen molar-refractivity contribution in [1.29, 1.82) is 0 Å². The second kappa shape index (κ2) is 8.04. The Bertz CT molecular complexity index is 165. The van der Waals surface area contributed by atoms with Gasteiger partial charge in [-0.2, -0.15) is 0 Å². The highest BCUT2D eigenvalue weighted by Crippen LogP contribution is 2.06. The van der Waals surface area contributed by atoms with Crippen LogP contribution in [-0.2, 0) is 4.74 Å². The van der Waals surface area contributed by atoms with Crippen molar-refractivity contribution in [2.75, 3.05) is 39.4 Å². The van der Waals surface area contributed by atoms with Crippen LogP contribution in [0, 0.1) is 5.92 Å². The molecule has 0 spiro atoms. The number of morpholine rings is 1. The largest absolute Gasteiger partial charge is 0.379 e. The van der Waals surface area contributed by atoms with Gasteiger partial charge in [-0.05, 0) is 19.4 Å². The van der Waals surface area contributed by atoms with Crippen molar-refractivity contribution in [2.24, 2.45) is 5.92 Å². The maximum atomic E-state index is 5.35. The van der Waals surface area contributed by atoms with Gasteiger partial charge in [-0.15, -0.1) is 0 Å². The topological polar surface area (TPSA) is 24.5 Å². The van der Waals surface area contributed by atoms with Crippen LogP contribution in [-0.4, -0.2) is 50.3 Å². The molecule has 0 aromatic carbocycles. The normalized spacial score (nSPS) is 20.2. The lowest BCUT2D eigenvalue weighted by Crippen LogP contribution is -2.45. The Morgan fingerprint density at radius 3 is 2.38 bits per heavy atom. The summed E-state index contributed by atoms with van der Waals surface area (Å²) >= 11 is 0. The van der Waals surface area contributed by atoms with Gasteiger partial charge in [-0.3, -0.25) is 4.90 Å². The molecular formula is C13H28N2O. The van der Waals surface area contributed by atoms with E-state index in [1.54, 1.807) is 0 Å². The Labute approximate surface area is 101 Å². The third kappa shape index (κ3) is 5.28.